The molecule has 1 atom stereocenters. The van der Waals surface area contributed by atoms with Gasteiger partial charge in [-0.15, -0.1) is 5.10 Å². The molecule has 0 amide bonds. The second-order valence-corrected chi connectivity index (χ2v) is 5.06. The highest BCUT2D eigenvalue weighted by Gasteiger charge is 2.24. The molecule has 96 valence electrons. The number of likely N-dealkylation sites (tertiary alicyclic amines) is 1. The SMILES string of the molecule is Cc1cnn(C2CCN(Cc3cn(C)nn3)C2)c1. The molecule has 0 N–H and O–H groups in total. The van der Waals surface area contributed by atoms with Crippen molar-refractivity contribution in [3.8, 4) is 0 Å². The molecule has 0 radical (unpaired) electrons. The maximum absolute atomic E-state index is 4.40. The monoisotopic (exact) mass is 246 g/mol. The second-order valence-electron chi connectivity index (χ2n) is 5.06. The molecule has 2 aromatic heterocycles. The topological polar surface area (TPSA) is 51.8 Å². The minimum atomic E-state index is 0.496. The zero-order chi connectivity index (χ0) is 12.5. The lowest BCUT2D eigenvalue weighted by Crippen LogP contribution is -2.21. The Morgan fingerprint density at radius 1 is 1.39 bits per heavy atom. The molecular weight excluding hydrogens is 228 g/mol. The molecule has 1 saturated heterocycles. The third-order valence-corrected chi connectivity index (χ3v) is 3.39. The minimum absolute atomic E-state index is 0.496. The van der Waals surface area contributed by atoms with Crippen molar-refractivity contribution in [1.82, 2.24) is 29.7 Å². The van der Waals surface area contributed by atoms with E-state index in [1.54, 1.807) is 4.68 Å². The van der Waals surface area contributed by atoms with Crippen LogP contribution in [0, 0.1) is 6.92 Å². The number of hydrogen-bond acceptors (Lipinski definition) is 4. The van der Waals surface area contributed by atoms with E-state index in [2.05, 4.69) is 38.1 Å². The van der Waals surface area contributed by atoms with E-state index in [1.807, 2.05) is 19.4 Å². The van der Waals surface area contributed by atoms with Crippen LogP contribution in [0.15, 0.2) is 18.6 Å². The van der Waals surface area contributed by atoms with Gasteiger partial charge in [0.15, 0.2) is 0 Å². The van der Waals surface area contributed by atoms with E-state index in [4.69, 9.17) is 0 Å². The van der Waals surface area contributed by atoms with E-state index >= 15 is 0 Å². The molecule has 0 aromatic carbocycles. The molecule has 1 aliphatic heterocycles. The van der Waals surface area contributed by atoms with Crippen molar-refractivity contribution in [2.24, 2.45) is 7.05 Å². The van der Waals surface area contributed by atoms with E-state index in [0.717, 1.165) is 31.7 Å². The van der Waals surface area contributed by atoms with Gasteiger partial charge in [-0.3, -0.25) is 14.3 Å². The van der Waals surface area contributed by atoms with E-state index in [0.29, 0.717) is 6.04 Å². The fraction of sp³-hybridized carbons (Fsp3) is 0.583. The Hall–Kier alpha value is -1.69. The summed E-state index contributed by atoms with van der Waals surface area (Å²) in [5.41, 5.74) is 2.26. The molecule has 6 nitrogen and oxygen atoms in total. The summed E-state index contributed by atoms with van der Waals surface area (Å²) >= 11 is 0. The molecule has 2 aromatic rings. The molecular formula is C12H18N6. The molecule has 0 aliphatic carbocycles. The van der Waals surface area contributed by atoms with Gasteiger partial charge < -0.3 is 0 Å². The molecule has 0 bridgehead atoms. The first-order valence-electron chi connectivity index (χ1n) is 6.29. The number of hydrogen-bond donors (Lipinski definition) is 0. The lowest BCUT2D eigenvalue weighted by atomic mass is 10.3. The van der Waals surface area contributed by atoms with Gasteiger partial charge in [0.2, 0.25) is 0 Å². The summed E-state index contributed by atoms with van der Waals surface area (Å²) in [4.78, 5) is 2.41. The van der Waals surface area contributed by atoms with Crippen LogP contribution in [0.25, 0.3) is 0 Å². The third-order valence-electron chi connectivity index (χ3n) is 3.39. The van der Waals surface area contributed by atoms with Crippen LogP contribution < -0.4 is 0 Å². The number of rotatable bonds is 3. The molecule has 1 aliphatic rings. The highest BCUT2D eigenvalue weighted by atomic mass is 15.4. The van der Waals surface area contributed by atoms with Crippen LogP contribution >= 0.6 is 0 Å². The van der Waals surface area contributed by atoms with Crippen LogP contribution in [0.2, 0.25) is 0 Å². The summed E-state index contributed by atoms with van der Waals surface area (Å²) in [6.45, 7) is 5.10. The summed E-state index contributed by atoms with van der Waals surface area (Å²) in [6.07, 6.45) is 7.18. The molecule has 6 heteroatoms. The Labute approximate surface area is 106 Å². The fourth-order valence-electron chi connectivity index (χ4n) is 2.50. The maximum Gasteiger partial charge on any atom is 0.0967 e. The summed E-state index contributed by atoms with van der Waals surface area (Å²) in [6, 6.07) is 0.496. The molecule has 3 heterocycles. The number of aryl methyl sites for hydroxylation is 2. The molecule has 0 saturated carbocycles. The Morgan fingerprint density at radius 2 is 2.28 bits per heavy atom. The van der Waals surface area contributed by atoms with Crippen LogP contribution in [0.1, 0.15) is 23.7 Å². The smallest absolute Gasteiger partial charge is 0.0967 e. The molecule has 18 heavy (non-hydrogen) atoms. The Balaban J connectivity index is 1.61. The van der Waals surface area contributed by atoms with Crippen LogP contribution in [0.4, 0.5) is 0 Å². The van der Waals surface area contributed by atoms with Crippen molar-refractivity contribution in [2.75, 3.05) is 13.1 Å². The first kappa shape index (κ1) is 11.4. The van der Waals surface area contributed by atoms with Gasteiger partial charge in [0.25, 0.3) is 0 Å². The van der Waals surface area contributed by atoms with E-state index in [-0.39, 0.29) is 0 Å². The van der Waals surface area contributed by atoms with Crippen LogP contribution in [0.3, 0.4) is 0 Å². The summed E-state index contributed by atoms with van der Waals surface area (Å²) in [5, 5.41) is 12.5. The molecule has 1 fully saturated rings. The van der Waals surface area contributed by atoms with Crippen molar-refractivity contribution in [2.45, 2.75) is 25.9 Å². The normalized spacial score (nSPS) is 20.7. The highest BCUT2D eigenvalue weighted by Crippen LogP contribution is 2.22. The van der Waals surface area contributed by atoms with Crippen LogP contribution in [-0.4, -0.2) is 42.8 Å². The average Bonchev–Trinajstić information content (AvgIpc) is 3.01. The number of nitrogens with zero attached hydrogens (tertiary/aromatic N) is 6. The van der Waals surface area contributed by atoms with Crippen molar-refractivity contribution in [1.29, 1.82) is 0 Å². The standard InChI is InChI=1S/C12H18N6/c1-10-5-13-18(6-10)12-3-4-17(9-12)8-11-7-16(2)15-14-11/h5-7,12H,3-4,8-9H2,1-2H3. The van der Waals surface area contributed by atoms with Crippen molar-refractivity contribution >= 4 is 0 Å². The summed E-state index contributed by atoms with van der Waals surface area (Å²) in [5.74, 6) is 0. The van der Waals surface area contributed by atoms with Gasteiger partial charge in [-0.2, -0.15) is 5.10 Å². The zero-order valence-corrected chi connectivity index (χ0v) is 10.8. The van der Waals surface area contributed by atoms with Crippen LogP contribution in [0.5, 0.6) is 0 Å². The lowest BCUT2D eigenvalue weighted by Gasteiger charge is -2.14. The zero-order valence-electron chi connectivity index (χ0n) is 10.8. The second kappa shape index (κ2) is 4.53. The molecule has 1 unspecified atom stereocenters. The first-order chi connectivity index (χ1) is 8.70. The van der Waals surface area contributed by atoms with Gasteiger partial charge in [0, 0.05) is 39.1 Å². The lowest BCUT2D eigenvalue weighted by molar-refractivity contribution is 0.308. The van der Waals surface area contributed by atoms with Crippen molar-refractivity contribution in [3.63, 3.8) is 0 Å². The molecule has 0 spiro atoms. The average molecular weight is 246 g/mol. The summed E-state index contributed by atoms with van der Waals surface area (Å²) in [7, 11) is 1.90. The maximum atomic E-state index is 4.40. The Bertz CT molecular complexity index is 528. The molecule has 3 rings (SSSR count). The highest BCUT2D eigenvalue weighted by molar-refractivity contribution is 5.01. The van der Waals surface area contributed by atoms with Gasteiger partial charge in [-0.25, -0.2) is 0 Å². The minimum Gasteiger partial charge on any atom is -0.295 e. The van der Waals surface area contributed by atoms with Gasteiger partial charge >= 0.3 is 0 Å². The van der Waals surface area contributed by atoms with E-state index < -0.39 is 0 Å². The largest absolute Gasteiger partial charge is 0.295 e. The Morgan fingerprint density at radius 3 is 2.94 bits per heavy atom. The van der Waals surface area contributed by atoms with Gasteiger partial charge in [-0.1, -0.05) is 5.21 Å². The van der Waals surface area contributed by atoms with Crippen molar-refractivity contribution in [3.05, 3.63) is 29.8 Å². The quantitative estimate of drug-likeness (QED) is 0.802. The number of aromatic nitrogens is 5. The van der Waals surface area contributed by atoms with Crippen molar-refractivity contribution < 1.29 is 0 Å². The summed E-state index contributed by atoms with van der Waals surface area (Å²) < 4.78 is 3.84. The van der Waals surface area contributed by atoms with E-state index in [9.17, 15) is 0 Å². The third kappa shape index (κ3) is 2.28. The van der Waals surface area contributed by atoms with E-state index in [1.165, 1.54) is 5.56 Å². The van der Waals surface area contributed by atoms with Crippen LogP contribution in [-0.2, 0) is 13.6 Å². The van der Waals surface area contributed by atoms with Gasteiger partial charge in [0.1, 0.15) is 0 Å². The predicted molar refractivity (Wildman–Crippen MR) is 66.9 cm³/mol. The first-order valence-corrected chi connectivity index (χ1v) is 6.29. The van der Waals surface area contributed by atoms with Gasteiger partial charge in [0.05, 0.1) is 17.9 Å². The Kier molecular flexibility index (Phi) is 2.87. The van der Waals surface area contributed by atoms with Gasteiger partial charge in [-0.05, 0) is 18.9 Å². The fourth-order valence-corrected chi connectivity index (χ4v) is 2.50. The predicted octanol–water partition coefficient (Wildman–Crippen LogP) is 0.767.